The van der Waals surface area contributed by atoms with Gasteiger partial charge in [0, 0.05) is 40.4 Å². The number of methoxy groups -OCH3 is 1. The zero-order chi connectivity index (χ0) is 22.0. The molecular weight excluding hydrogens is 408 g/mol. The van der Waals surface area contributed by atoms with Crippen molar-refractivity contribution in [2.24, 2.45) is 0 Å². The minimum Gasteiger partial charge on any atom is -0.497 e. The second-order valence-electron chi connectivity index (χ2n) is 7.32. The highest BCUT2D eigenvalue weighted by Crippen LogP contribution is 2.26. The zero-order valence-corrected chi connectivity index (χ0v) is 18.7. The molecule has 7 heteroatoms. The van der Waals surface area contributed by atoms with Crippen LogP contribution < -0.4 is 10.1 Å². The molecule has 6 nitrogen and oxygen atoms in total. The van der Waals surface area contributed by atoms with Gasteiger partial charge in [0.1, 0.15) is 10.8 Å². The summed E-state index contributed by atoms with van der Waals surface area (Å²) >= 11 is 1.54. The van der Waals surface area contributed by atoms with Crippen LogP contribution in [-0.2, 0) is 0 Å². The first-order valence-electron chi connectivity index (χ1n) is 9.98. The number of carbonyl (C=O) groups is 1. The van der Waals surface area contributed by atoms with Crippen LogP contribution in [0.2, 0.25) is 0 Å². The van der Waals surface area contributed by atoms with E-state index in [1.165, 1.54) is 11.3 Å². The fourth-order valence-electron chi connectivity index (χ4n) is 3.60. The Morgan fingerprint density at radius 2 is 1.84 bits per heavy atom. The molecule has 31 heavy (non-hydrogen) atoms. The van der Waals surface area contributed by atoms with Gasteiger partial charge >= 0.3 is 0 Å². The Bertz CT molecular complexity index is 1200. The van der Waals surface area contributed by atoms with Crippen molar-refractivity contribution >= 4 is 17.2 Å². The van der Waals surface area contributed by atoms with Crippen LogP contribution in [0.1, 0.15) is 39.7 Å². The lowest BCUT2D eigenvalue weighted by Gasteiger charge is -2.13. The molecule has 1 amide bonds. The first-order valence-corrected chi connectivity index (χ1v) is 10.9. The van der Waals surface area contributed by atoms with Crippen LogP contribution in [0, 0.1) is 13.8 Å². The van der Waals surface area contributed by atoms with Crippen LogP contribution >= 0.6 is 11.3 Å². The van der Waals surface area contributed by atoms with Gasteiger partial charge in [0.05, 0.1) is 24.4 Å². The molecule has 0 spiro atoms. The molecule has 1 unspecified atom stereocenters. The van der Waals surface area contributed by atoms with E-state index in [-0.39, 0.29) is 11.9 Å². The van der Waals surface area contributed by atoms with Crippen LogP contribution in [0.25, 0.3) is 16.9 Å². The summed E-state index contributed by atoms with van der Waals surface area (Å²) in [5, 5.41) is 5.96. The van der Waals surface area contributed by atoms with Gasteiger partial charge in [0.25, 0.3) is 5.91 Å². The predicted molar refractivity (Wildman–Crippen MR) is 123 cm³/mol. The van der Waals surface area contributed by atoms with Crippen molar-refractivity contribution in [2.45, 2.75) is 26.8 Å². The third kappa shape index (κ3) is 4.22. The van der Waals surface area contributed by atoms with E-state index < -0.39 is 0 Å². The van der Waals surface area contributed by atoms with Crippen LogP contribution in [0.3, 0.4) is 0 Å². The third-order valence-electron chi connectivity index (χ3n) is 5.22. The van der Waals surface area contributed by atoms with Gasteiger partial charge in [0.2, 0.25) is 0 Å². The molecule has 0 saturated carbocycles. The number of hydrogen-bond acceptors (Lipinski definition) is 5. The number of aryl methyl sites for hydroxylation is 1. The molecule has 0 fully saturated rings. The number of thiazole rings is 1. The topological polar surface area (TPSA) is 69.0 Å². The number of rotatable bonds is 6. The predicted octanol–water partition coefficient (Wildman–Crippen LogP) is 5.11. The van der Waals surface area contributed by atoms with E-state index in [0.29, 0.717) is 5.56 Å². The number of pyridine rings is 1. The summed E-state index contributed by atoms with van der Waals surface area (Å²) in [5.74, 6) is 0.689. The van der Waals surface area contributed by atoms with Gasteiger partial charge in [-0.1, -0.05) is 0 Å². The summed E-state index contributed by atoms with van der Waals surface area (Å²) in [6.07, 6.45) is 3.50. The Balaban J connectivity index is 1.53. The quantitative estimate of drug-likeness (QED) is 0.460. The van der Waals surface area contributed by atoms with Gasteiger partial charge in [-0.2, -0.15) is 0 Å². The summed E-state index contributed by atoms with van der Waals surface area (Å²) in [6.45, 7) is 5.91. The highest BCUT2D eigenvalue weighted by atomic mass is 32.1. The van der Waals surface area contributed by atoms with Gasteiger partial charge in [0.15, 0.2) is 0 Å². The first kappa shape index (κ1) is 20.8. The number of ether oxygens (including phenoxy) is 1. The van der Waals surface area contributed by atoms with Crippen molar-refractivity contribution < 1.29 is 9.53 Å². The minimum absolute atomic E-state index is 0.110. The second-order valence-corrected chi connectivity index (χ2v) is 8.21. The largest absolute Gasteiger partial charge is 0.497 e. The Morgan fingerprint density at radius 1 is 1.13 bits per heavy atom. The van der Waals surface area contributed by atoms with Crippen molar-refractivity contribution in [1.29, 1.82) is 0 Å². The molecule has 1 aromatic carbocycles. The summed E-state index contributed by atoms with van der Waals surface area (Å²) < 4.78 is 7.32. The van der Waals surface area contributed by atoms with Gasteiger partial charge in [-0.05, 0) is 63.2 Å². The van der Waals surface area contributed by atoms with E-state index in [2.05, 4.69) is 14.9 Å². The Labute approximate surface area is 185 Å². The van der Waals surface area contributed by atoms with Crippen LogP contribution in [-0.4, -0.2) is 27.6 Å². The van der Waals surface area contributed by atoms with E-state index in [1.807, 2.05) is 68.6 Å². The van der Waals surface area contributed by atoms with Crippen molar-refractivity contribution in [2.75, 3.05) is 7.11 Å². The van der Waals surface area contributed by atoms with E-state index in [4.69, 9.17) is 9.72 Å². The van der Waals surface area contributed by atoms with Gasteiger partial charge < -0.3 is 14.6 Å². The van der Waals surface area contributed by atoms with Crippen LogP contribution in [0.5, 0.6) is 5.75 Å². The SMILES string of the molecule is COc1ccc(-n2c(C)cc(C(=O)NC(C)c3nc(-c4ccncc4)cs3)c2C)cc1. The molecule has 0 saturated heterocycles. The average Bonchev–Trinajstić information content (AvgIpc) is 3.39. The summed E-state index contributed by atoms with van der Waals surface area (Å²) in [7, 11) is 1.65. The normalized spacial score (nSPS) is 11.9. The molecular formula is C24H24N4O2S. The third-order valence-corrected chi connectivity index (χ3v) is 6.25. The van der Waals surface area contributed by atoms with E-state index in [9.17, 15) is 4.79 Å². The minimum atomic E-state index is -0.197. The molecule has 0 bridgehead atoms. The number of hydrogen-bond donors (Lipinski definition) is 1. The molecule has 0 radical (unpaired) electrons. The van der Waals surface area contributed by atoms with Gasteiger partial charge in [-0.25, -0.2) is 4.98 Å². The molecule has 4 rings (SSSR count). The van der Waals surface area contributed by atoms with E-state index in [1.54, 1.807) is 19.5 Å². The molecule has 4 aromatic rings. The lowest BCUT2D eigenvalue weighted by Crippen LogP contribution is -2.27. The maximum atomic E-state index is 13.0. The van der Waals surface area contributed by atoms with Crippen molar-refractivity contribution in [1.82, 2.24) is 19.9 Å². The summed E-state index contributed by atoms with van der Waals surface area (Å²) in [5.41, 5.74) is 5.44. The van der Waals surface area contributed by atoms with Crippen molar-refractivity contribution in [3.8, 4) is 22.7 Å². The van der Waals surface area contributed by atoms with Gasteiger partial charge in [-0.15, -0.1) is 11.3 Å². The van der Waals surface area contributed by atoms with Crippen LogP contribution in [0.4, 0.5) is 0 Å². The molecule has 3 aromatic heterocycles. The molecule has 0 aliphatic carbocycles. The van der Waals surface area contributed by atoms with E-state index in [0.717, 1.165) is 39.1 Å². The molecule has 1 N–H and O–H groups in total. The lowest BCUT2D eigenvalue weighted by atomic mass is 10.2. The van der Waals surface area contributed by atoms with E-state index >= 15 is 0 Å². The standard InChI is InChI=1S/C24H24N4O2S/c1-15-13-21(17(3)28(15)19-5-7-20(30-4)8-6-19)23(29)26-16(2)24-27-22(14-31-24)18-9-11-25-12-10-18/h5-14,16H,1-4H3,(H,26,29). The van der Waals surface area contributed by atoms with Gasteiger partial charge in [-0.3, -0.25) is 9.78 Å². The smallest absolute Gasteiger partial charge is 0.253 e. The van der Waals surface area contributed by atoms with Crippen LogP contribution in [0.15, 0.2) is 60.2 Å². The highest BCUT2D eigenvalue weighted by Gasteiger charge is 2.20. The number of nitrogens with one attached hydrogen (secondary N) is 1. The molecule has 3 heterocycles. The lowest BCUT2D eigenvalue weighted by molar-refractivity contribution is 0.0939. The molecule has 158 valence electrons. The zero-order valence-electron chi connectivity index (χ0n) is 17.9. The number of carbonyl (C=O) groups excluding carboxylic acids is 1. The number of aromatic nitrogens is 3. The maximum Gasteiger partial charge on any atom is 0.253 e. The molecule has 1 atom stereocenters. The first-order chi connectivity index (χ1) is 15.0. The Morgan fingerprint density at radius 3 is 2.52 bits per heavy atom. The Hall–Kier alpha value is -3.45. The Kier molecular flexibility index (Phi) is 5.86. The second kappa shape index (κ2) is 8.73. The summed E-state index contributed by atoms with van der Waals surface area (Å²) in [6, 6.07) is 13.4. The monoisotopic (exact) mass is 432 g/mol. The highest BCUT2D eigenvalue weighted by molar-refractivity contribution is 7.10. The average molecular weight is 433 g/mol. The van der Waals surface area contributed by atoms with Crippen molar-refractivity contribution in [3.05, 3.63) is 82.2 Å². The number of benzene rings is 1. The number of amides is 1. The number of nitrogens with zero attached hydrogens (tertiary/aromatic N) is 3. The maximum absolute atomic E-state index is 13.0. The molecule has 0 aliphatic heterocycles. The fourth-order valence-corrected chi connectivity index (χ4v) is 4.43. The molecule has 0 aliphatic rings. The fraction of sp³-hybridized carbons (Fsp3) is 0.208. The summed E-state index contributed by atoms with van der Waals surface area (Å²) in [4.78, 5) is 21.8. The van der Waals surface area contributed by atoms with Crippen molar-refractivity contribution in [3.63, 3.8) is 0 Å².